The molecule has 166 valence electrons. The summed E-state index contributed by atoms with van der Waals surface area (Å²) in [6.07, 6.45) is 4.12. The molecule has 1 fully saturated rings. The number of nitrogens with zero attached hydrogens (tertiary/aromatic N) is 1. The highest BCUT2D eigenvalue weighted by Gasteiger charge is 2.32. The third kappa shape index (κ3) is 6.24. The molecule has 2 amide bonds. The van der Waals surface area contributed by atoms with Crippen molar-refractivity contribution in [2.45, 2.75) is 63.6 Å². The molecule has 0 unspecified atom stereocenters. The first kappa shape index (κ1) is 22.7. The van der Waals surface area contributed by atoms with Gasteiger partial charge in [-0.25, -0.2) is 9.78 Å². The minimum Gasteiger partial charge on any atom is -0.480 e. The average molecular weight is 428 g/mol. The molecule has 1 aromatic carbocycles. The quantitative estimate of drug-likeness (QED) is 0.537. The number of carbonyl (C=O) groups is 3. The summed E-state index contributed by atoms with van der Waals surface area (Å²) >= 11 is 0. The molecule has 0 aliphatic heterocycles. The lowest BCUT2D eigenvalue weighted by Crippen LogP contribution is -2.51. The van der Waals surface area contributed by atoms with Crippen molar-refractivity contribution in [1.29, 1.82) is 0 Å². The minimum atomic E-state index is -1.03. The van der Waals surface area contributed by atoms with Gasteiger partial charge < -0.3 is 20.5 Å². The van der Waals surface area contributed by atoms with Crippen LogP contribution in [0.5, 0.6) is 0 Å². The molecule has 8 heteroatoms. The van der Waals surface area contributed by atoms with E-state index in [0.717, 1.165) is 31.1 Å². The Kier molecular flexibility index (Phi) is 7.94. The van der Waals surface area contributed by atoms with E-state index in [0.29, 0.717) is 18.4 Å². The van der Waals surface area contributed by atoms with Crippen LogP contribution in [0.4, 0.5) is 0 Å². The first-order valence-corrected chi connectivity index (χ1v) is 10.8. The van der Waals surface area contributed by atoms with Gasteiger partial charge in [-0.2, -0.15) is 0 Å². The summed E-state index contributed by atoms with van der Waals surface area (Å²) in [5.74, 6) is -1.71. The van der Waals surface area contributed by atoms with Crippen LogP contribution in [0.25, 0.3) is 10.9 Å². The summed E-state index contributed by atoms with van der Waals surface area (Å²) in [5.41, 5.74) is 0.977. The van der Waals surface area contributed by atoms with Crippen molar-refractivity contribution in [2.75, 3.05) is 6.61 Å². The Morgan fingerprint density at radius 3 is 2.77 bits per heavy atom. The van der Waals surface area contributed by atoms with Crippen molar-refractivity contribution in [3.8, 4) is 0 Å². The van der Waals surface area contributed by atoms with Gasteiger partial charge in [0.05, 0.1) is 17.7 Å². The molecule has 0 spiro atoms. The summed E-state index contributed by atoms with van der Waals surface area (Å²) in [6, 6.07) is 10.1. The van der Waals surface area contributed by atoms with E-state index in [2.05, 4.69) is 15.6 Å². The number of carboxylic acids is 1. The van der Waals surface area contributed by atoms with Crippen LogP contribution in [0.1, 0.15) is 55.9 Å². The lowest BCUT2D eigenvalue weighted by Gasteiger charge is -2.24. The van der Waals surface area contributed by atoms with E-state index >= 15 is 0 Å². The average Bonchev–Trinajstić information content (AvgIpc) is 3.21. The number of pyridine rings is 1. The summed E-state index contributed by atoms with van der Waals surface area (Å²) in [4.78, 5) is 40.9. The largest absolute Gasteiger partial charge is 0.480 e. The molecule has 1 saturated carbocycles. The summed E-state index contributed by atoms with van der Waals surface area (Å²) < 4.78 is 5.42. The highest BCUT2D eigenvalue weighted by molar-refractivity contribution is 5.97. The van der Waals surface area contributed by atoms with Crippen LogP contribution in [0.3, 0.4) is 0 Å². The van der Waals surface area contributed by atoms with Crippen molar-refractivity contribution in [1.82, 2.24) is 15.6 Å². The molecule has 1 aromatic heterocycles. The van der Waals surface area contributed by atoms with E-state index < -0.39 is 17.9 Å². The molecule has 1 heterocycles. The van der Waals surface area contributed by atoms with Gasteiger partial charge in [0.15, 0.2) is 0 Å². The van der Waals surface area contributed by atoms with E-state index in [4.69, 9.17) is 9.84 Å². The predicted octanol–water partition coefficient (Wildman–Crippen LogP) is 2.66. The number of unbranched alkanes of at least 4 members (excludes halogenated alkanes) is 1. The van der Waals surface area contributed by atoms with Gasteiger partial charge in [0, 0.05) is 5.39 Å². The SMILES string of the molecule is CCCC[C@H](NC(=O)c1ccc2ccccc2n1)C(=O)N[C@H]1CCC[C@@H]1OCC(=O)O. The highest BCUT2D eigenvalue weighted by Crippen LogP contribution is 2.22. The van der Waals surface area contributed by atoms with E-state index in [1.54, 1.807) is 6.07 Å². The molecule has 1 aliphatic carbocycles. The molecule has 3 N–H and O–H groups in total. The van der Waals surface area contributed by atoms with Gasteiger partial charge in [0.1, 0.15) is 18.3 Å². The number of carboxylic acid groups (broad SMARTS) is 1. The number of carbonyl (C=O) groups excluding carboxylic acids is 2. The normalized spacial score (nSPS) is 19.1. The van der Waals surface area contributed by atoms with Gasteiger partial charge in [0.25, 0.3) is 5.91 Å². The van der Waals surface area contributed by atoms with Crippen molar-refractivity contribution in [3.63, 3.8) is 0 Å². The third-order valence-electron chi connectivity index (χ3n) is 5.50. The number of benzene rings is 1. The number of rotatable bonds is 10. The summed E-state index contributed by atoms with van der Waals surface area (Å²) in [5, 5.41) is 15.6. The third-order valence-corrected chi connectivity index (χ3v) is 5.50. The maximum absolute atomic E-state index is 12.9. The second-order valence-electron chi connectivity index (χ2n) is 7.85. The van der Waals surface area contributed by atoms with Crippen molar-refractivity contribution in [2.24, 2.45) is 0 Å². The Hall–Kier alpha value is -3.00. The second-order valence-corrected chi connectivity index (χ2v) is 7.85. The molecule has 0 radical (unpaired) electrons. The molecule has 3 rings (SSSR count). The summed E-state index contributed by atoms with van der Waals surface area (Å²) in [6.45, 7) is 1.63. The Morgan fingerprint density at radius 1 is 1.19 bits per heavy atom. The van der Waals surface area contributed by atoms with Crippen LogP contribution in [-0.2, 0) is 14.3 Å². The zero-order valence-electron chi connectivity index (χ0n) is 17.7. The van der Waals surface area contributed by atoms with Crippen LogP contribution >= 0.6 is 0 Å². The first-order valence-electron chi connectivity index (χ1n) is 10.8. The molecule has 3 atom stereocenters. The zero-order valence-corrected chi connectivity index (χ0v) is 17.7. The number of para-hydroxylation sites is 1. The zero-order chi connectivity index (χ0) is 22.2. The topological polar surface area (TPSA) is 118 Å². The van der Waals surface area contributed by atoms with Crippen LogP contribution in [0, 0.1) is 0 Å². The number of ether oxygens (including phenoxy) is 1. The fourth-order valence-electron chi connectivity index (χ4n) is 3.85. The second kappa shape index (κ2) is 10.9. The van der Waals surface area contributed by atoms with E-state index in [1.807, 2.05) is 37.3 Å². The van der Waals surface area contributed by atoms with Crippen molar-refractivity contribution >= 4 is 28.7 Å². The van der Waals surface area contributed by atoms with E-state index in [-0.39, 0.29) is 30.4 Å². The predicted molar refractivity (Wildman–Crippen MR) is 116 cm³/mol. The Morgan fingerprint density at radius 2 is 2.00 bits per heavy atom. The monoisotopic (exact) mass is 427 g/mol. The molecule has 0 bridgehead atoms. The number of hydrogen-bond donors (Lipinski definition) is 3. The van der Waals surface area contributed by atoms with Gasteiger partial charge in [-0.1, -0.05) is 44.0 Å². The number of nitrogens with one attached hydrogen (secondary N) is 2. The smallest absolute Gasteiger partial charge is 0.329 e. The number of aromatic nitrogens is 1. The Balaban J connectivity index is 1.66. The standard InChI is InChI=1S/C23H29N3O5/c1-2-3-8-18(22(29)25-17-10-6-11-20(17)31-14-21(27)28)26-23(30)19-13-12-15-7-4-5-9-16(15)24-19/h4-5,7,9,12-13,17-18,20H,2-3,6,8,10-11,14H2,1H3,(H,25,29)(H,26,30)(H,27,28)/t17-,18-,20-/m0/s1. The van der Waals surface area contributed by atoms with Crippen LogP contribution < -0.4 is 10.6 Å². The fraction of sp³-hybridized carbons (Fsp3) is 0.478. The molecule has 31 heavy (non-hydrogen) atoms. The molecule has 2 aromatic rings. The van der Waals surface area contributed by atoms with Gasteiger partial charge in [-0.15, -0.1) is 0 Å². The Bertz CT molecular complexity index is 932. The molecule has 0 saturated heterocycles. The van der Waals surface area contributed by atoms with Gasteiger partial charge in [-0.05, 0) is 37.8 Å². The number of hydrogen-bond acceptors (Lipinski definition) is 5. The number of fused-ring (bicyclic) bond motifs is 1. The van der Waals surface area contributed by atoms with Gasteiger partial charge in [0.2, 0.25) is 5.91 Å². The molecule has 1 aliphatic rings. The lowest BCUT2D eigenvalue weighted by molar-refractivity contribution is -0.144. The van der Waals surface area contributed by atoms with E-state index in [9.17, 15) is 14.4 Å². The van der Waals surface area contributed by atoms with Crippen molar-refractivity contribution in [3.05, 3.63) is 42.1 Å². The van der Waals surface area contributed by atoms with E-state index in [1.165, 1.54) is 0 Å². The molecule has 8 nitrogen and oxygen atoms in total. The van der Waals surface area contributed by atoms with Crippen LogP contribution in [-0.4, -0.2) is 52.7 Å². The van der Waals surface area contributed by atoms with Gasteiger partial charge >= 0.3 is 5.97 Å². The highest BCUT2D eigenvalue weighted by atomic mass is 16.5. The molecular formula is C23H29N3O5. The van der Waals surface area contributed by atoms with Gasteiger partial charge in [-0.3, -0.25) is 9.59 Å². The Labute approximate surface area is 181 Å². The maximum atomic E-state index is 12.9. The lowest BCUT2D eigenvalue weighted by atomic mass is 10.1. The van der Waals surface area contributed by atoms with Crippen molar-refractivity contribution < 1.29 is 24.2 Å². The number of amides is 2. The fourth-order valence-corrected chi connectivity index (χ4v) is 3.85. The summed E-state index contributed by atoms with van der Waals surface area (Å²) in [7, 11) is 0. The van der Waals surface area contributed by atoms with Crippen LogP contribution in [0.2, 0.25) is 0 Å². The maximum Gasteiger partial charge on any atom is 0.329 e. The number of aliphatic carboxylic acids is 1. The van der Waals surface area contributed by atoms with Crippen LogP contribution in [0.15, 0.2) is 36.4 Å². The first-order chi connectivity index (χ1) is 15.0. The minimum absolute atomic E-state index is 0.258. The molecular weight excluding hydrogens is 398 g/mol.